The van der Waals surface area contributed by atoms with Crippen molar-refractivity contribution in [3.63, 3.8) is 0 Å². The number of imidazole rings is 1. The van der Waals surface area contributed by atoms with E-state index in [1.54, 1.807) is 31.5 Å². The molecule has 4 aromatic rings. The molecule has 5 rings (SSSR count). The largest absolute Gasteiger partial charge is 0.497 e. The fraction of sp³-hybridized carbons (Fsp3) is 0.333. The second kappa shape index (κ2) is 11.1. The van der Waals surface area contributed by atoms with Crippen LogP contribution in [0.5, 0.6) is 5.75 Å². The maximum Gasteiger partial charge on any atom is 0.416 e. The lowest BCUT2D eigenvalue weighted by Crippen LogP contribution is -2.48. The van der Waals surface area contributed by atoms with E-state index in [4.69, 9.17) is 9.72 Å². The van der Waals surface area contributed by atoms with Crippen LogP contribution in [0.4, 0.5) is 13.2 Å². The van der Waals surface area contributed by atoms with Crippen molar-refractivity contribution < 1.29 is 22.7 Å². The summed E-state index contributed by atoms with van der Waals surface area (Å²) in [7, 11) is 1.60. The third-order valence-corrected chi connectivity index (χ3v) is 7.33. The van der Waals surface area contributed by atoms with E-state index in [0.29, 0.717) is 48.5 Å². The van der Waals surface area contributed by atoms with Crippen molar-refractivity contribution in [2.45, 2.75) is 25.9 Å². The number of fused-ring (bicyclic) bond motifs is 1. The van der Waals surface area contributed by atoms with Gasteiger partial charge in [0.15, 0.2) is 0 Å². The number of halogens is 3. The summed E-state index contributed by atoms with van der Waals surface area (Å²) in [5, 5.41) is 0. The van der Waals surface area contributed by atoms with Gasteiger partial charge in [-0.1, -0.05) is 31.2 Å². The molecule has 1 saturated heterocycles. The minimum atomic E-state index is -4.43. The Bertz CT molecular complexity index is 1470. The van der Waals surface area contributed by atoms with Gasteiger partial charge in [-0.2, -0.15) is 13.2 Å². The molecule has 1 aliphatic heterocycles. The van der Waals surface area contributed by atoms with Gasteiger partial charge in [0.1, 0.15) is 11.4 Å². The molecule has 2 aromatic carbocycles. The molecule has 3 heterocycles. The molecule has 1 amide bonds. The van der Waals surface area contributed by atoms with Gasteiger partial charge in [-0.05, 0) is 60.5 Å². The van der Waals surface area contributed by atoms with Crippen LogP contribution in [0.1, 0.15) is 24.6 Å². The van der Waals surface area contributed by atoms with E-state index < -0.39 is 11.7 Å². The molecule has 0 atom stereocenters. The quantitative estimate of drug-likeness (QED) is 0.300. The van der Waals surface area contributed by atoms with Crippen molar-refractivity contribution in [2.75, 3.05) is 39.8 Å². The summed E-state index contributed by atoms with van der Waals surface area (Å²) in [6.45, 7) is 6.25. The maximum absolute atomic E-state index is 13.4. The Morgan fingerprint density at radius 2 is 1.69 bits per heavy atom. The second-order valence-electron chi connectivity index (χ2n) is 9.68. The molecule has 1 aliphatic rings. The van der Waals surface area contributed by atoms with Gasteiger partial charge in [0.05, 0.1) is 24.1 Å². The molecule has 0 radical (unpaired) electrons. The monoisotopic (exact) mass is 536 g/mol. The number of pyridine rings is 1. The number of rotatable bonds is 7. The van der Waals surface area contributed by atoms with Gasteiger partial charge in [-0.15, -0.1) is 0 Å². The highest BCUT2D eigenvalue weighted by atomic mass is 19.4. The van der Waals surface area contributed by atoms with E-state index in [0.717, 1.165) is 48.7 Å². The zero-order chi connectivity index (χ0) is 27.6. The molecular weight excluding hydrogens is 505 g/mol. The fourth-order valence-corrected chi connectivity index (χ4v) is 5.08. The summed E-state index contributed by atoms with van der Waals surface area (Å²) < 4.78 is 47.4. The van der Waals surface area contributed by atoms with E-state index in [9.17, 15) is 18.0 Å². The standard InChI is InChI=1S/C30H31F3N4O2/c1-3-35-14-16-36(17-15-35)28(38)13-11-26-29(22-7-5-9-25(19-22)39-2)34-27-12-10-23(20-37(26)27)21-6-4-8-24(18-21)30(31,32)33/h4-10,12,18-20H,3,11,13-17H2,1-2H3. The van der Waals surface area contributed by atoms with Crippen LogP contribution >= 0.6 is 0 Å². The van der Waals surface area contributed by atoms with Crippen molar-refractivity contribution in [2.24, 2.45) is 0 Å². The summed E-state index contributed by atoms with van der Waals surface area (Å²) in [6.07, 6.45) is -1.87. The van der Waals surface area contributed by atoms with E-state index in [-0.39, 0.29) is 5.91 Å². The first kappa shape index (κ1) is 26.7. The number of hydrogen-bond acceptors (Lipinski definition) is 4. The number of nitrogens with zero attached hydrogens (tertiary/aromatic N) is 4. The zero-order valence-corrected chi connectivity index (χ0v) is 22.0. The summed E-state index contributed by atoms with van der Waals surface area (Å²) in [5.74, 6) is 0.774. The van der Waals surface area contributed by atoms with Crippen LogP contribution in [0, 0.1) is 0 Å². The van der Waals surface area contributed by atoms with Gasteiger partial charge in [0.25, 0.3) is 0 Å². The summed E-state index contributed by atoms with van der Waals surface area (Å²) in [4.78, 5) is 22.2. The second-order valence-corrected chi connectivity index (χ2v) is 9.68. The first-order valence-electron chi connectivity index (χ1n) is 13.1. The van der Waals surface area contributed by atoms with Crippen LogP contribution in [0.3, 0.4) is 0 Å². The summed E-state index contributed by atoms with van der Waals surface area (Å²) in [6, 6.07) is 16.4. The van der Waals surface area contributed by atoms with Gasteiger partial charge < -0.3 is 18.9 Å². The van der Waals surface area contributed by atoms with Crippen LogP contribution < -0.4 is 4.74 Å². The highest BCUT2D eigenvalue weighted by molar-refractivity contribution is 5.77. The molecule has 0 saturated carbocycles. The molecular formula is C30H31F3N4O2. The number of aryl methyl sites for hydroxylation is 1. The van der Waals surface area contributed by atoms with Gasteiger partial charge in [0.2, 0.25) is 5.91 Å². The Kier molecular flexibility index (Phi) is 7.61. The first-order valence-corrected chi connectivity index (χ1v) is 13.1. The Morgan fingerprint density at radius 1 is 0.949 bits per heavy atom. The number of carbonyl (C=O) groups is 1. The predicted molar refractivity (Wildman–Crippen MR) is 145 cm³/mol. The van der Waals surface area contributed by atoms with Crippen molar-refractivity contribution in [3.05, 3.63) is 78.1 Å². The topological polar surface area (TPSA) is 50.1 Å². The van der Waals surface area contributed by atoms with Crippen LogP contribution in [0.25, 0.3) is 28.0 Å². The molecule has 0 bridgehead atoms. The lowest BCUT2D eigenvalue weighted by molar-refractivity contribution is -0.137. The Hall–Kier alpha value is -3.85. The van der Waals surface area contributed by atoms with Gasteiger partial charge >= 0.3 is 6.18 Å². The minimum Gasteiger partial charge on any atom is -0.497 e. The number of hydrogen-bond donors (Lipinski definition) is 0. The van der Waals surface area contributed by atoms with E-state index >= 15 is 0 Å². The van der Waals surface area contributed by atoms with Crippen LogP contribution in [-0.4, -0.2) is 64.9 Å². The smallest absolute Gasteiger partial charge is 0.416 e. The van der Waals surface area contributed by atoms with Crippen LogP contribution in [0.2, 0.25) is 0 Å². The van der Waals surface area contributed by atoms with E-state index in [1.165, 1.54) is 6.07 Å². The van der Waals surface area contributed by atoms with E-state index in [2.05, 4.69) is 11.8 Å². The van der Waals surface area contributed by atoms with Gasteiger partial charge in [0, 0.05) is 44.4 Å². The van der Waals surface area contributed by atoms with Crippen molar-refractivity contribution >= 4 is 11.6 Å². The Balaban J connectivity index is 1.51. The molecule has 39 heavy (non-hydrogen) atoms. The molecule has 0 N–H and O–H groups in total. The fourth-order valence-electron chi connectivity index (χ4n) is 5.08. The minimum absolute atomic E-state index is 0.0892. The molecule has 204 valence electrons. The van der Waals surface area contributed by atoms with Crippen LogP contribution in [0.15, 0.2) is 66.9 Å². The first-order chi connectivity index (χ1) is 18.8. The SMILES string of the molecule is CCN1CCN(C(=O)CCc2c(-c3cccc(OC)c3)nc3ccc(-c4cccc(C(F)(F)F)c4)cn23)CC1. The van der Waals surface area contributed by atoms with Gasteiger partial charge in [-0.25, -0.2) is 4.98 Å². The van der Waals surface area contributed by atoms with Gasteiger partial charge in [-0.3, -0.25) is 4.79 Å². The molecule has 9 heteroatoms. The van der Waals surface area contributed by atoms with Crippen molar-refractivity contribution in [1.29, 1.82) is 0 Å². The number of methoxy groups -OCH3 is 1. The van der Waals surface area contributed by atoms with Crippen molar-refractivity contribution in [1.82, 2.24) is 19.2 Å². The lowest BCUT2D eigenvalue weighted by Gasteiger charge is -2.34. The molecule has 0 aliphatic carbocycles. The molecule has 0 spiro atoms. The third-order valence-electron chi connectivity index (χ3n) is 7.33. The van der Waals surface area contributed by atoms with E-state index in [1.807, 2.05) is 33.6 Å². The number of ether oxygens (including phenoxy) is 1. The highest BCUT2D eigenvalue weighted by Gasteiger charge is 2.30. The normalized spacial score (nSPS) is 14.6. The molecule has 1 fully saturated rings. The van der Waals surface area contributed by atoms with Crippen molar-refractivity contribution in [3.8, 4) is 28.1 Å². The Morgan fingerprint density at radius 3 is 2.41 bits per heavy atom. The molecule has 6 nitrogen and oxygen atoms in total. The zero-order valence-electron chi connectivity index (χ0n) is 22.0. The number of likely N-dealkylation sites (N-methyl/N-ethyl adjacent to an activating group) is 1. The average Bonchev–Trinajstić information content (AvgIpc) is 3.33. The molecule has 0 unspecified atom stereocenters. The lowest BCUT2D eigenvalue weighted by atomic mass is 10.0. The van der Waals surface area contributed by atoms with Crippen LogP contribution in [-0.2, 0) is 17.4 Å². The number of aromatic nitrogens is 2. The highest BCUT2D eigenvalue weighted by Crippen LogP contribution is 2.34. The maximum atomic E-state index is 13.4. The molecule has 2 aromatic heterocycles. The number of piperazine rings is 1. The Labute approximate surface area is 225 Å². The predicted octanol–water partition coefficient (Wildman–Crippen LogP) is 5.79. The summed E-state index contributed by atoms with van der Waals surface area (Å²) in [5.41, 5.74) is 3.44. The third kappa shape index (κ3) is 5.78. The average molecular weight is 537 g/mol. The summed E-state index contributed by atoms with van der Waals surface area (Å²) >= 11 is 0. The number of alkyl halides is 3. The number of benzene rings is 2. The number of amides is 1. The number of carbonyl (C=O) groups excluding carboxylic acids is 1.